The second kappa shape index (κ2) is 7.07. The van der Waals surface area contributed by atoms with Crippen LogP contribution >= 0.6 is 0 Å². The third kappa shape index (κ3) is 4.19. The van der Waals surface area contributed by atoms with Crippen molar-refractivity contribution in [2.45, 2.75) is 33.7 Å². The van der Waals surface area contributed by atoms with Crippen LogP contribution in [0.3, 0.4) is 0 Å². The summed E-state index contributed by atoms with van der Waals surface area (Å²) in [5.74, 6) is 0.0667. The molecule has 0 heterocycles. The number of nitrogens with one attached hydrogen (secondary N) is 1. The highest BCUT2D eigenvalue weighted by atomic mass is 16.1. The van der Waals surface area contributed by atoms with Crippen LogP contribution < -0.4 is 5.32 Å². The summed E-state index contributed by atoms with van der Waals surface area (Å²) in [7, 11) is 0. The van der Waals surface area contributed by atoms with Crippen LogP contribution in [0.2, 0.25) is 0 Å². The van der Waals surface area contributed by atoms with Gasteiger partial charge in [-0.1, -0.05) is 39.0 Å². The molecule has 1 aromatic rings. The van der Waals surface area contributed by atoms with Crippen LogP contribution in [0.4, 0.5) is 5.69 Å². The molecule has 0 saturated heterocycles. The molecule has 0 bridgehead atoms. The summed E-state index contributed by atoms with van der Waals surface area (Å²) in [5.41, 5.74) is 2.12. The lowest BCUT2D eigenvalue weighted by atomic mass is 10.1. The van der Waals surface area contributed by atoms with Crippen LogP contribution in [-0.4, -0.2) is 23.9 Å². The summed E-state index contributed by atoms with van der Waals surface area (Å²) in [6, 6.07) is 8.01. The lowest BCUT2D eigenvalue weighted by Gasteiger charge is -2.20. The Morgan fingerprint density at radius 1 is 1.18 bits per heavy atom. The molecule has 0 fully saturated rings. The van der Waals surface area contributed by atoms with Gasteiger partial charge in [0.05, 0.1) is 0 Å². The molecule has 17 heavy (non-hydrogen) atoms. The molecule has 1 aromatic carbocycles. The van der Waals surface area contributed by atoms with Crippen molar-refractivity contribution in [3.63, 3.8) is 0 Å². The Balaban J connectivity index is 2.80. The Morgan fingerprint density at radius 3 is 2.41 bits per heavy atom. The van der Waals surface area contributed by atoms with Crippen molar-refractivity contribution >= 4 is 11.6 Å². The van der Waals surface area contributed by atoms with Gasteiger partial charge in [0.15, 0.2) is 0 Å². The predicted molar refractivity (Wildman–Crippen MR) is 72.0 cm³/mol. The topological polar surface area (TPSA) is 32.3 Å². The molecule has 0 radical (unpaired) electrons. The number of para-hydroxylation sites is 1. The molecule has 3 nitrogen and oxygen atoms in total. The normalized spacial score (nSPS) is 10.6. The van der Waals surface area contributed by atoms with Crippen LogP contribution in [0.25, 0.3) is 0 Å². The third-order valence-electron chi connectivity index (χ3n) is 2.90. The van der Waals surface area contributed by atoms with E-state index in [0.29, 0.717) is 6.42 Å². The summed E-state index contributed by atoms with van der Waals surface area (Å²) < 4.78 is 0. The number of nitrogens with zero attached hydrogens (tertiary/aromatic N) is 1. The summed E-state index contributed by atoms with van der Waals surface area (Å²) >= 11 is 0. The maximum absolute atomic E-state index is 11.4. The van der Waals surface area contributed by atoms with Gasteiger partial charge in [-0.3, -0.25) is 9.69 Å². The minimum atomic E-state index is 0.0667. The zero-order valence-electron chi connectivity index (χ0n) is 11.0. The molecule has 0 aromatic heterocycles. The van der Waals surface area contributed by atoms with Crippen molar-refractivity contribution in [1.29, 1.82) is 0 Å². The maximum Gasteiger partial charge on any atom is 0.224 e. The van der Waals surface area contributed by atoms with Gasteiger partial charge in [-0.2, -0.15) is 0 Å². The van der Waals surface area contributed by atoms with Crippen LogP contribution in [0, 0.1) is 0 Å². The largest absolute Gasteiger partial charge is 0.326 e. The van der Waals surface area contributed by atoms with Crippen molar-refractivity contribution in [3.8, 4) is 0 Å². The van der Waals surface area contributed by atoms with E-state index < -0.39 is 0 Å². The first kappa shape index (κ1) is 13.7. The van der Waals surface area contributed by atoms with Crippen LogP contribution in [0.15, 0.2) is 24.3 Å². The van der Waals surface area contributed by atoms with E-state index in [1.54, 1.807) is 0 Å². The number of anilines is 1. The van der Waals surface area contributed by atoms with Gasteiger partial charge in [0, 0.05) is 18.7 Å². The molecule has 1 amide bonds. The van der Waals surface area contributed by atoms with Gasteiger partial charge < -0.3 is 5.32 Å². The van der Waals surface area contributed by atoms with Crippen LogP contribution in [0.1, 0.15) is 32.8 Å². The summed E-state index contributed by atoms with van der Waals surface area (Å²) in [6.45, 7) is 9.09. The van der Waals surface area contributed by atoms with E-state index in [4.69, 9.17) is 0 Å². The van der Waals surface area contributed by atoms with Crippen molar-refractivity contribution in [2.75, 3.05) is 18.4 Å². The van der Waals surface area contributed by atoms with Crippen molar-refractivity contribution in [3.05, 3.63) is 29.8 Å². The van der Waals surface area contributed by atoms with Crippen molar-refractivity contribution < 1.29 is 4.79 Å². The monoisotopic (exact) mass is 234 g/mol. The molecule has 3 heteroatoms. The standard InChI is InChI=1S/C14H22N2O/c1-4-14(17)15-13-10-8-7-9-12(13)11-16(5-2)6-3/h7-10H,4-6,11H2,1-3H3,(H,15,17). The smallest absolute Gasteiger partial charge is 0.224 e. The second-order valence-corrected chi connectivity index (χ2v) is 4.02. The minimum absolute atomic E-state index is 0.0667. The Bertz CT molecular complexity index is 359. The maximum atomic E-state index is 11.4. The Labute approximate surface area is 104 Å². The number of carbonyl (C=O) groups excluding carboxylic acids is 1. The molecule has 1 rings (SSSR count). The van der Waals surface area contributed by atoms with Gasteiger partial charge in [-0.05, 0) is 24.7 Å². The Morgan fingerprint density at radius 2 is 1.82 bits per heavy atom. The Kier molecular flexibility index (Phi) is 5.70. The SMILES string of the molecule is CCC(=O)Nc1ccccc1CN(CC)CC. The lowest BCUT2D eigenvalue weighted by Crippen LogP contribution is -2.23. The van der Waals surface area contributed by atoms with Crippen molar-refractivity contribution in [1.82, 2.24) is 4.90 Å². The number of benzene rings is 1. The first-order chi connectivity index (χ1) is 8.21. The van der Waals surface area contributed by atoms with Crippen molar-refractivity contribution in [2.24, 2.45) is 0 Å². The van der Waals surface area contributed by atoms with E-state index in [-0.39, 0.29) is 5.91 Å². The molecular weight excluding hydrogens is 212 g/mol. The molecule has 0 aliphatic carbocycles. The predicted octanol–water partition coefficient (Wildman–Crippen LogP) is 2.88. The van der Waals surface area contributed by atoms with Crippen LogP contribution in [-0.2, 0) is 11.3 Å². The summed E-state index contributed by atoms with van der Waals surface area (Å²) in [4.78, 5) is 13.8. The van der Waals surface area contributed by atoms with Gasteiger partial charge in [0.1, 0.15) is 0 Å². The molecule has 0 aliphatic heterocycles. The highest BCUT2D eigenvalue weighted by molar-refractivity contribution is 5.91. The van der Waals surface area contributed by atoms with Gasteiger partial charge in [0.25, 0.3) is 0 Å². The molecular formula is C14H22N2O. The van der Waals surface area contributed by atoms with E-state index in [0.717, 1.165) is 25.3 Å². The number of amides is 1. The van der Waals surface area contributed by atoms with E-state index in [9.17, 15) is 4.79 Å². The molecule has 0 saturated carbocycles. The highest BCUT2D eigenvalue weighted by Crippen LogP contribution is 2.17. The fourth-order valence-electron chi connectivity index (χ4n) is 1.71. The summed E-state index contributed by atoms with van der Waals surface area (Å²) in [5, 5.41) is 2.95. The van der Waals surface area contributed by atoms with Crippen LogP contribution in [0.5, 0.6) is 0 Å². The van der Waals surface area contributed by atoms with E-state index >= 15 is 0 Å². The first-order valence-corrected chi connectivity index (χ1v) is 6.31. The molecule has 94 valence electrons. The Hall–Kier alpha value is -1.35. The number of rotatable bonds is 6. The third-order valence-corrected chi connectivity index (χ3v) is 2.90. The number of hydrogen-bond acceptors (Lipinski definition) is 2. The van der Waals surface area contributed by atoms with Gasteiger partial charge >= 0.3 is 0 Å². The first-order valence-electron chi connectivity index (χ1n) is 6.31. The number of carbonyl (C=O) groups is 1. The minimum Gasteiger partial charge on any atom is -0.326 e. The molecule has 1 N–H and O–H groups in total. The quantitative estimate of drug-likeness (QED) is 0.821. The molecule has 0 atom stereocenters. The zero-order valence-corrected chi connectivity index (χ0v) is 11.0. The molecule has 0 aliphatic rings. The fraction of sp³-hybridized carbons (Fsp3) is 0.500. The summed E-state index contributed by atoms with van der Waals surface area (Å²) in [6.07, 6.45) is 0.513. The van der Waals surface area contributed by atoms with E-state index in [2.05, 4.69) is 30.1 Å². The average molecular weight is 234 g/mol. The van der Waals surface area contributed by atoms with E-state index in [1.165, 1.54) is 5.56 Å². The fourth-order valence-corrected chi connectivity index (χ4v) is 1.71. The zero-order chi connectivity index (χ0) is 12.7. The van der Waals surface area contributed by atoms with Gasteiger partial charge in [-0.25, -0.2) is 0 Å². The average Bonchev–Trinajstić information content (AvgIpc) is 2.37. The number of hydrogen-bond donors (Lipinski definition) is 1. The van der Waals surface area contributed by atoms with Gasteiger partial charge in [-0.15, -0.1) is 0 Å². The van der Waals surface area contributed by atoms with E-state index in [1.807, 2.05) is 25.1 Å². The van der Waals surface area contributed by atoms with Gasteiger partial charge in [0.2, 0.25) is 5.91 Å². The second-order valence-electron chi connectivity index (χ2n) is 4.02. The molecule has 0 spiro atoms. The molecule has 0 unspecified atom stereocenters. The lowest BCUT2D eigenvalue weighted by molar-refractivity contribution is -0.115. The highest BCUT2D eigenvalue weighted by Gasteiger charge is 2.07.